The van der Waals surface area contributed by atoms with Crippen molar-refractivity contribution in [1.29, 1.82) is 0 Å². The Morgan fingerprint density at radius 2 is 2.06 bits per heavy atom. The SMILES string of the molecule is COCCNCCN1CCCC(n2nc(C(=O)N3CCOCC3)c3c2-c2ccccc2S(=O)C3)C1. The molecule has 1 aromatic carbocycles. The second-order valence-corrected chi connectivity index (χ2v) is 10.8. The van der Waals surface area contributed by atoms with Crippen LogP contribution in [0, 0.1) is 0 Å². The number of ether oxygens (including phenoxy) is 2. The van der Waals surface area contributed by atoms with Crippen molar-refractivity contribution in [3.8, 4) is 11.3 Å². The Morgan fingerprint density at radius 1 is 1.23 bits per heavy atom. The number of morpholine rings is 1. The summed E-state index contributed by atoms with van der Waals surface area (Å²) < 4.78 is 25.8. The molecule has 0 aliphatic carbocycles. The van der Waals surface area contributed by atoms with Gasteiger partial charge in [0.1, 0.15) is 0 Å². The average Bonchev–Trinajstić information content (AvgIpc) is 3.28. The first kappa shape index (κ1) is 24.6. The maximum atomic E-state index is 13.5. The van der Waals surface area contributed by atoms with E-state index < -0.39 is 10.8 Å². The molecular formula is C25H35N5O4S. The van der Waals surface area contributed by atoms with E-state index in [4.69, 9.17) is 14.6 Å². The molecule has 0 radical (unpaired) electrons. The zero-order chi connectivity index (χ0) is 24.2. The number of hydrogen-bond acceptors (Lipinski definition) is 7. The van der Waals surface area contributed by atoms with Gasteiger partial charge in [-0.15, -0.1) is 0 Å². The van der Waals surface area contributed by atoms with Gasteiger partial charge >= 0.3 is 0 Å². The minimum Gasteiger partial charge on any atom is -0.383 e. The molecule has 0 spiro atoms. The summed E-state index contributed by atoms with van der Waals surface area (Å²) in [6, 6.07) is 8.04. The highest BCUT2D eigenvalue weighted by Crippen LogP contribution is 2.40. The van der Waals surface area contributed by atoms with Gasteiger partial charge in [-0.1, -0.05) is 18.2 Å². The number of nitrogens with one attached hydrogen (secondary N) is 1. The van der Waals surface area contributed by atoms with Crippen molar-refractivity contribution >= 4 is 16.7 Å². The number of methoxy groups -OCH3 is 1. The van der Waals surface area contributed by atoms with Gasteiger partial charge in [0.05, 0.1) is 48.1 Å². The molecule has 0 saturated carbocycles. The number of likely N-dealkylation sites (tertiary alicyclic amines) is 1. The standard InChI is InChI=1S/C25H35N5O4S/c1-33-14-9-26-8-11-28-10-4-5-19(17-28)30-24-20-6-2-3-7-22(20)35(32)18-21(24)23(27-30)25(31)29-12-15-34-16-13-29/h2-3,6-7,19,26H,4-5,8-18H2,1H3. The highest BCUT2D eigenvalue weighted by atomic mass is 32.2. The zero-order valence-corrected chi connectivity index (χ0v) is 21.2. The lowest BCUT2D eigenvalue weighted by Crippen LogP contribution is -2.42. The number of rotatable bonds is 8. The number of hydrogen-bond donors (Lipinski definition) is 1. The normalized spacial score (nSPS) is 22.6. The second kappa shape index (κ2) is 11.3. The maximum absolute atomic E-state index is 13.5. The Labute approximate surface area is 209 Å². The van der Waals surface area contributed by atoms with Gasteiger partial charge in [0.15, 0.2) is 5.69 Å². The molecule has 190 valence electrons. The van der Waals surface area contributed by atoms with Crippen molar-refractivity contribution in [2.24, 2.45) is 0 Å². The smallest absolute Gasteiger partial charge is 0.274 e. The summed E-state index contributed by atoms with van der Waals surface area (Å²) in [5.74, 6) is 0.257. The summed E-state index contributed by atoms with van der Waals surface area (Å²) in [4.78, 5) is 18.7. The van der Waals surface area contributed by atoms with E-state index in [2.05, 4.69) is 14.9 Å². The number of carbonyl (C=O) groups is 1. The predicted octanol–water partition coefficient (Wildman–Crippen LogP) is 1.52. The van der Waals surface area contributed by atoms with E-state index >= 15 is 0 Å². The average molecular weight is 502 g/mol. The van der Waals surface area contributed by atoms with Gasteiger partial charge in [-0.2, -0.15) is 5.10 Å². The van der Waals surface area contributed by atoms with Crippen LogP contribution in [0.4, 0.5) is 0 Å². The summed E-state index contributed by atoms with van der Waals surface area (Å²) in [5, 5.41) is 8.40. The van der Waals surface area contributed by atoms with E-state index in [1.165, 1.54) is 0 Å². The summed E-state index contributed by atoms with van der Waals surface area (Å²) >= 11 is 0. The van der Waals surface area contributed by atoms with E-state index in [1.807, 2.05) is 29.2 Å². The van der Waals surface area contributed by atoms with Crippen LogP contribution in [0.1, 0.15) is 34.9 Å². The van der Waals surface area contributed by atoms with E-state index in [9.17, 15) is 9.00 Å². The third-order valence-corrected chi connectivity index (χ3v) is 8.48. The van der Waals surface area contributed by atoms with Gasteiger partial charge < -0.3 is 19.7 Å². The molecule has 2 saturated heterocycles. The lowest BCUT2D eigenvalue weighted by molar-refractivity contribution is 0.0297. The van der Waals surface area contributed by atoms with E-state index in [1.54, 1.807) is 7.11 Å². The van der Waals surface area contributed by atoms with Crippen LogP contribution in [0.2, 0.25) is 0 Å². The van der Waals surface area contributed by atoms with Crippen molar-refractivity contribution in [1.82, 2.24) is 24.9 Å². The molecule has 0 bridgehead atoms. The number of benzene rings is 1. The summed E-state index contributed by atoms with van der Waals surface area (Å²) in [6.07, 6.45) is 2.09. The Balaban J connectivity index is 1.45. The van der Waals surface area contributed by atoms with Crippen molar-refractivity contribution in [3.63, 3.8) is 0 Å². The lowest BCUT2D eigenvalue weighted by atomic mass is 10.0. The van der Waals surface area contributed by atoms with Gasteiger partial charge in [0, 0.05) is 62.4 Å². The quantitative estimate of drug-likeness (QED) is 0.549. The largest absolute Gasteiger partial charge is 0.383 e. The summed E-state index contributed by atoms with van der Waals surface area (Å²) in [7, 11) is 0.524. The number of aromatic nitrogens is 2. The fraction of sp³-hybridized carbons (Fsp3) is 0.600. The van der Waals surface area contributed by atoms with Crippen LogP contribution in [0.25, 0.3) is 11.3 Å². The molecule has 1 amide bonds. The van der Waals surface area contributed by atoms with Crippen LogP contribution in [-0.2, 0) is 26.0 Å². The predicted molar refractivity (Wildman–Crippen MR) is 134 cm³/mol. The lowest BCUT2D eigenvalue weighted by Gasteiger charge is -2.34. The molecule has 4 heterocycles. The van der Waals surface area contributed by atoms with E-state index in [0.29, 0.717) is 44.4 Å². The number of amides is 1. The molecule has 1 N–H and O–H groups in total. The van der Waals surface area contributed by atoms with Crippen molar-refractivity contribution in [2.45, 2.75) is 29.5 Å². The Bertz CT molecular complexity index is 1070. The van der Waals surface area contributed by atoms with E-state index in [0.717, 1.165) is 67.3 Å². The van der Waals surface area contributed by atoms with Crippen LogP contribution >= 0.6 is 0 Å². The third kappa shape index (κ3) is 5.22. The van der Waals surface area contributed by atoms with Gasteiger partial charge in [-0.3, -0.25) is 18.6 Å². The molecule has 2 unspecified atom stereocenters. The highest BCUT2D eigenvalue weighted by Gasteiger charge is 2.36. The van der Waals surface area contributed by atoms with Crippen LogP contribution in [0.3, 0.4) is 0 Å². The Morgan fingerprint density at radius 3 is 2.89 bits per heavy atom. The highest BCUT2D eigenvalue weighted by molar-refractivity contribution is 7.84. The fourth-order valence-electron chi connectivity index (χ4n) is 5.28. The van der Waals surface area contributed by atoms with Crippen molar-refractivity contribution < 1.29 is 18.5 Å². The summed E-state index contributed by atoms with van der Waals surface area (Å²) in [5.41, 5.74) is 3.21. The molecule has 2 atom stereocenters. The second-order valence-electron chi connectivity index (χ2n) is 9.35. The zero-order valence-electron chi connectivity index (χ0n) is 20.4. The number of piperidine rings is 1. The Kier molecular flexibility index (Phi) is 7.94. The molecular weight excluding hydrogens is 466 g/mol. The van der Waals surface area contributed by atoms with Gasteiger partial charge in [0.25, 0.3) is 5.91 Å². The molecule has 9 nitrogen and oxygen atoms in total. The molecule has 2 fully saturated rings. The monoisotopic (exact) mass is 501 g/mol. The van der Waals surface area contributed by atoms with Gasteiger partial charge in [0.2, 0.25) is 0 Å². The number of carbonyl (C=O) groups excluding carboxylic acids is 1. The van der Waals surface area contributed by atoms with Crippen LogP contribution in [-0.4, -0.2) is 102 Å². The van der Waals surface area contributed by atoms with E-state index in [-0.39, 0.29) is 11.9 Å². The molecule has 2 aromatic rings. The maximum Gasteiger partial charge on any atom is 0.274 e. The fourth-order valence-corrected chi connectivity index (χ4v) is 6.61. The topological polar surface area (TPSA) is 88.9 Å². The van der Waals surface area contributed by atoms with Crippen LogP contribution in [0.5, 0.6) is 0 Å². The molecule has 3 aliphatic rings. The first-order valence-electron chi connectivity index (χ1n) is 12.6. The van der Waals surface area contributed by atoms with Gasteiger partial charge in [-0.25, -0.2) is 0 Å². The molecule has 35 heavy (non-hydrogen) atoms. The van der Waals surface area contributed by atoms with Crippen LogP contribution < -0.4 is 5.32 Å². The minimum absolute atomic E-state index is 0.0744. The van der Waals surface area contributed by atoms with Crippen LogP contribution in [0.15, 0.2) is 29.2 Å². The molecule has 3 aliphatic heterocycles. The number of fused-ring (bicyclic) bond motifs is 3. The minimum atomic E-state index is -1.19. The first-order chi connectivity index (χ1) is 17.2. The Hall–Kier alpha value is -2.11. The van der Waals surface area contributed by atoms with Crippen molar-refractivity contribution in [2.75, 3.05) is 72.7 Å². The molecule has 10 heteroatoms. The number of nitrogens with zero attached hydrogens (tertiary/aromatic N) is 4. The third-order valence-electron chi connectivity index (χ3n) is 7.09. The van der Waals surface area contributed by atoms with Gasteiger partial charge in [-0.05, 0) is 25.5 Å². The molecule has 5 rings (SSSR count). The summed E-state index contributed by atoms with van der Waals surface area (Å²) in [6.45, 7) is 7.59. The van der Waals surface area contributed by atoms with Crippen molar-refractivity contribution in [3.05, 3.63) is 35.5 Å². The molecule has 1 aromatic heterocycles. The first-order valence-corrected chi connectivity index (χ1v) is 13.9.